The molecule has 7 heteroatoms. The molecule has 1 saturated heterocycles. The van der Waals surface area contributed by atoms with Gasteiger partial charge in [0.05, 0.1) is 36.4 Å². The maximum Gasteiger partial charge on any atom is 0.255 e. The largest absolute Gasteiger partial charge is 0.379 e. The molecular weight excluding hydrogens is 395 g/mol. The first-order valence-electron chi connectivity index (χ1n) is 10.6. The fourth-order valence-corrected chi connectivity index (χ4v) is 3.84. The first kappa shape index (κ1) is 21.2. The number of nitrogens with one attached hydrogen (secondary N) is 1. The number of rotatable bonds is 7. The van der Waals surface area contributed by atoms with E-state index in [0.717, 1.165) is 49.8 Å². The highest BCUT2D eigenvalue weighted by atomic mass is 19.1. The third-order valence-electron chi connectivity index (χ3n) is 5.47. The van der Waals surface area contributed by atoms with Crippen molar-refractivity contribution in [1.82, 2.24) is 20.0 Å². The molecule has 0 bridgehead atoms. The number of carbonyl (C=O) groups excluding carboxylic acids is 1. The Labute approximate surface area is 181 Å². The number of benzene rings is 2. The van der Waals surface area contributed by atoms with Crippen LogP contribution in [-0.4, -0.2) is 46.9 Å². The quantitative estimate of drug-likeness (QED) is 0.635. The third kappa shape index (κ3) is 5.18. The molecule has 0 saturated carbocycles. The van der Waals surface area contributed by atoms with Gasteiger partial charge in [-0.2, -0.15) is 5.10 Å². The highest BCUT2D eigenvalue weighted by Gasteiger charge is 2.17. The Morgan fingerprint density at radius 1 is 1.13 bits per heavy atom. The van der Waals surface area contributed by atoms with Gasteiger partial charge in [0.1, 0.15) is 5.82 Å². The van der Waals surface area contributed by atoms with Gasteiger partial charge in [-0.1, -0.05) is 31.2 Å². The van der Waals surface area contributed by atoms with Crippen molar-refractivity contribution in [2.75, 3.05) is 26.3 Å². The number of ether oxygens (including phenoxy) is 1. The molecule has 2 aromatic carbocycles. The van der Waals surface area contributed by atoms with Gasteiger partial charge >= 0.3 is 0 Å². The average molecular weight is 423 g/mol. The van der Waals surface area contributed by atoms with Crippen molar-refractivity contribution in [3.05, 3.63) is 82.9 Å². The van der Waals surface area contributed by atoms with E-state index in [-0.39, 0.29) is 11.7 Å². The van der Waals surface area contributed by atoms with Crippen LogP contribution in [0.5, 0.6) is 0 Å². The van der Waals surface area contributed by atoms with Crippen molar-refractivity contribution < 1.29 is 13.9 Å². The zero-order valence-corrected chi connectivity index (χ0v) is 17.7. The summed E-state index contributed by atoms with van der Waals surface area (Å²) in [4.78, 5) is 15.2. The maximum atomic E-state index is 13.2. The Balaban J connectivity index is 1.42. The lowest BCUT2D eigenvalue weighted by molar-refractivity contribution is 0.0342. The number of morpholine rings is 1. The molecule has 0 atom stereocenters. The van der Waals surface area contributed by atoms with E-state index >= 15 is 0 Å². The van der Waals surface area contributed by atoms with Crippen LogP contribution in [0.2, 0.25) is 0 Å². The molecule has 4 rings (SSSR count). The van der Waals surface area contributed by atoms with Crippen LogP contribution >= 0.6 is 0 Å². The summed E-state index contributed by atoms with van der Waals surface area (Å²) in [7, 11) is 0. The van der Waals surface area contributed by atoms with Crippen LogP contribution in [0.1, 0.15) is 34.1 Å². The lowest BCUT2D eigenvalue weighted by Crippen LogP contribution is -2.35. The molecular formula is C24H27FN4O2. The normalized spacial score (nSPS) is 14.5. The van der Waals surface area contributed by atoms with E-state index in [1.807, 2.05) is 19.1 Å². The van der Waals surface area contributed by atoms with Crippen LogP contribution in [-0.2, 0) is 24.2 Å². The summed E-state index contributed by atoms with van der Waals surface area (Å²) in [5.41, 5.74) is 4.35. The highest BCUT2D eigenvalue weighted by Crippen LogP contribution is 2.17. The van der Waals surface area contributed by atoms with Gasteiger partial charge in [-0.05, 0) is 41.8 Å². The van der Waals surface area contributed by atoms with Crippen molar-refractivity contribution in [3.8, 4) is 5.69 Å². The number of carbonyl (C=O) groups is 1. The second-order valence-electron chi connectivity index (χ2n) is 7.64. The van der Waals surface area contributed by atoms with Gasteiger partial charge in [-0.25, -0.2) is 9.07 Å². The predicted octanol–water partition coefficient (Wildman–Crippen LogP) is 3.34. The molecule has 1 aromatic heterocycles. The topological polar surface area (TPSA) is 59.4 Å². The summed E-state index contributed by atoms with van der Waals surface area (Å²) in [5.74, 6) is -0.466. The van der Waals surface area contributed by atoms with E-state index < -0.39 is 0 Å². The molecule has 3 aromatic rings. The Bertz CT molecular complexity index is 1030. The number of aromatic nitrogens is 2. The molecule has 1 amide bonds. The van der Waals surface area contributed by atoms with Crippen molar-refractivity contribution in [3.63, 3.8) is 0 Å². The number of amides is 1. The van der Waals surface area contributed by atoms with E-state index in [1.54, 1.807) is 23.0 Å². The zero-order chi connectivity index (χ0) is 21.6. The molecule has 1 fully saturated rings. The van der Waals surface area contributed by atoms with E-state index in [9.17, 15) is 9.18 Å². The minimum Gasteiger partial charge on any atom is -0.379 e. The number of nitrogens with zero attached hydrogens (tertiary/aromatic N) is 3. The summed E-state index contributed by atoms with van der Waals surface area (Å²) in [5, 5.41) is 7.37. The summed E-state index contributed by atoms with van der Waals surface area (Å²) in [6.45, 7) is 6.75. The second kappa shape index (κ2) is 9.85. The Hall–Kier alpha value is -3.03. The van der Waals surface area contributed by atoms with Crippen molar-refractivity contribution in [2.24, 2.45) is 0 Å². The standard InChI is InChI=1S/C24H27FN4O2/c1-2-23-22(16-27-29(23)21-8-6-20(25)7-9-21)24(30)26-15-18-4-3-5-19(14-18)17-28-10-12-31-13-11-28/h3-9,14,16H,2,10-13,15,17H2,1H3,(H,26,30). The monoisotopic (exact) mass is 422 g/mol. The van der Waals surface area contributed by atoms with Crippen molar-refractivity contribution in [1.29, 1.82) is 0 Å². The first-order chi connectivity index (χ1) is 15.1. The minimum atomic E-state index is -0.303. The molecule has 0 unspecified atom stereocenters. The van der Waals surface area contributed by atoms with Crippen molar-refractivity contribution in [2.45, 2.75) is 26.4 Å². The van der Waals surface area contributed by atoms with E-state index in [0.29, 0.717) is 18.5 Å². The molecule has 1 N–H and O–H groups in total. The number of halogens is 1. The Morgan fingerprint density at radius 2 is 1.87 bits per heavy atom. The van der Waals surface area contributed by atoms with Gasteiger partial charge in [-0.15, -0.1) is 0 Å². The highest BCUT2D eigenvalue weighted by molar-refractivity contribution is 5.95. The second-order valence-corrected chi connectivity index (χ2v) is 7.64. The van der Waals surface area contributed by atoms with Gasteiger partial charge in [0, 0.05) is 26.2 Å². The fraction of sp³-hybridized carbons (Fsp3) is 0.333. The number of hydrogen-bond donors (Lipinski definition) is 1. The van der Waals surface area contributed by atoms with E-state index in [4.69, 9.17) is 4.74 Å². The Kier molecular flexibility index (Phi) is 6.74. The predicted molar refractivity (Wildman–Crippen MR) is 117 cm³/mol. The fourth-order valence-electron chi connectivity index (χ4n) is 3.84. The summed E-state index contributed by atoms with van der Waals surface area (Å²) >= 11 is 0. The molecule has 6 nitrogen and oxygen atoms in total. The lowest BCUT2D eigenvalue weighted by atomic mass is 10.1. The maximum absolute atomic E-state index is 13.2. The molecule has 0 aliphatic carbocycles. The summed E-state index contributed by atoms with van der Waals surface area (Å²) < 4.78 is 20.3. The minimum absolute atomic E-state index is 0.163. The third-order valence-corrected chi connectivity index (χ3v) is 5.47. The van der Waals surface area contributed by atoms with Crippen LogP contribution in [0.25, 0.3) is 5.69 Å². The lowest BCUT2D eigenvalue weighted by Gasteiger charge is -2.26. The smallest absolute Gasteiger partial charge is 0.255 e. The molecule has 2 heterocycles. The molecule has 0 radical (unpaired) electrons. The molecule has 1 aliphatic heterocycles. The molecule has 0 spiro atoms. The van der Waals surface area contributed by atoms with Crippen LogP contribution in [0.3, 0.4) is 0 Å². The first-order valence-corrected chi connectivity index (χ1v) is 10.6. The van der Waals surface area contributed by atoms with Crippen LogP contribution in [0.4, 0.5) is 4.39 Å². The Morgan fingerprint density at radius 3 is 2.61 bits per heavy atom. The van der Waals surface area contributed by atoms with Crippen LogP contribution in [0.15, 0.2) is 54.7 Å². The van der Waals surface area contributed by atoms with Crippen LogP contribution < -0.4 is 5.32 Å². The SMILES string of the molecule is CCc1c(C(=O)NCc2cccc(CN3CCOCC3)c2)cnn1-c1ccc(F)cc1. The van der Waals surface area contributed by atoms with Gasteiger partial charge in [0.2, 0.25) is 0 Å². The molecule has 162 valence electrons. The summed E-state index contributed by atoms with van der Waals surface area (Å²) in [6, 6.07) is 14.4. The van der Waals surface area contributed by atoms with E-state index in [2.05, 4.69) is 27.4 Å². The average Bonchev–Trinajstić information content (AvgIpc) is 3.23. The van der Waals surface area contributed by atoms with Crippen molar-refractivity contribution >= 4 is 5.91 Å². The zero-order valence-electron chi connectivity index (χ0n) is 17.7. The van der Waals surface area contributed by atoms with E-state index in [1.165, 1.54) is 17.7 Å². The number of hydrogen-bond acceptors (Lipinski definition) is 4. The van der Waals surface area contributed by atoms with Crippen LogP contribution in [0, 0.1) is 5.82 Å². The van der Waals surface area contributed by atoms with Gasteiger partial charge in [0.25, 0.3) is 5.91 Å². The molecule has 1 aliphatic rings. The van der Waals surface area contributed by atoms with Gasteiger partial charge < -0.3 is 10.1 Å². The molecule has 31 heavy (non-hydrogen) atoms. The summed E-state index contributed by atoms with van der Waals surface area (Å²) in [6.07, 6.45) is 2.21. The van der Waals surface area contributed by atoms with Gasteiger partial charge in [-0.3, -0.25) is 9.69 Å². The van der Waals surface area contributed by atoms with Gasteiger partial charge in [0.15, 0.2) is 0 Å².